The minimum atomic E-state index is -0.260. The maximum Gasteiger partial charge on any atom is 0.253 e. The van der Waals surface area contributed by atoms with E-state index >= 15 is 0 Å². The van der Waals surface area contributed by atoms with Gasteiger partial charge in [-0.05, 0) is 58.7 Å². The Morgan fingerprint density at radius 2 is 1.50 bits per heavy atom. The molecule has 0 amide bonds. The minimum Gasteiger partial charge on any atom is -0.324 e. The molecule has 0 radical (unpaired) electrons. The van der Waals surface area contributed by atoms with Crippen LogP contribution >= 0.6 is 0 Å². The Morgan fingerprint density at radius 3 is 2.19 bits per heavy atom. The van der Waals surface area contributed by atoms with Crippen LogP contribution in [0.3, 0.4) is 0 Å². The number of pyridine rings is 1. The molecule has 0 spiro atoms. The number of benzene rings is 3. The van der Waals surface area contributed by atoms with Crippen molar-refractivity contribution in [3.63, 3.8) is 0 Å². The first kappa shape index (κ1) is 20.3. The Balaban J connectivity index is 1.33. The first-order valence-electron chi connectivity index (χ1n) is 11.7. The molecular formula is C29H20N6O. The average molecular weight is 469 g/mol. The van der Waals surface area contributed by atoms with Gasteiger partial charge in [0.1, 0.15) is 5.65 Å². The van der Waals surface area contributed by atoms with Crippen molar-refractivity contribution < 1.29 is 0 Å². The van der Waals surface area contributed by atoms with E-state index in [2.05, 4.69) is 39.7 Å². The maximum absolute atomic E-state index is 13.3. The molecule has 36 heavy (non-hydrogen) atoms. The standard InChI is InChI=1S/C29H20N6O/c36-26-15-10-19-18-30-29(32-20-11-13-21(14-12-20)34-17-5-16-31-34)33-28(19)35(26)27-24-8-3-1-6-22(24)23-7-2-4-9-25(23)27/h1-18,27H,(H,30,32,33). The molecule has 1 N–H and O–H groups in total. The Kier molecular flexibility index (Phi) is 4.53. The molecule has 172 valence electrons. The van der Waals surface area contributed by atoms with Crippen molar-refractivity contribution in [2.45, 2.75) is 6.04 Å². The van der Waals surface area contributed by atoms with Crippen molar-refractivity contribution in [3.05, 3.63) is 131 Å². The van der Waals surface area contributed by atoms with Gasteiger partial charge in [-0.25, -0.2) is 9.67 Å². The van der Waals surface area contributed by atoms with Crippen LogP contribution in [-0.2, 0) is 0 Å². The third-order valence-electron chi connectivity index (χ3n) is 6.62. The molecule has 3 aromatic heterocycles. The molecule has 0 aliphatic heterocycles. The summed E-state index contributed by atoms with van der Waals surface area (Å²) < 4.78 is 3.58. The number of nitrogens with one attached hydrogen (secondary N) is 1. The van der Waals surface area contributed by atoms with Gasteiger partial charge in [0.25, 0.3) is 5.56 Å². The largest absolute Gasteiger partial charge is 0.324 e. The van der Waals surface area contributed by atoms with Gasteiger partial charge in [-0.2, -0.15) is 10.1 Å². The molecule has 7 rings (SSSR count). The number of hydrogen-bond donors (Lipinski definition) is 1. The van der Waals surface area contributed by atoms with Crippen molar-refractivity contribution in [1.29, 1.82) is 0 Å². The first-order chi connectivity index (χ1) is 17.8. The lowest BCUT2D eigenvalue weighted by atomic mass is 10.0. The summed E-state index contributed by atoms with van der Waals surface area (Å²) in [6.45, 7) is 0. The predicted molar refractivity (Wildman–Crippen MR) is 140 cm³/mol. The van der Waals surface area contributed by atoms with Crippen molar-refractivity contribution in [3.8, 4) is 16.8 Å². The third-order valence-corrected chi connectivity index (χ3v) is 6.62. The molecule has 7 nitrogen and oxygen atoms in total. The zero-order chi connectivity index (χ0) is 24.1. The third kappa shape index (κ3) is 3.21. The summed E-state index contributed by atoms with van der Waals surface area (Å²) in [5.41, 5.74) is 6.76. The van der Waals surface area contributed by atoms with Gasteiger partial charge in [0.05, 0.1) is 11.7 Å². The van der Waals surface area contributed by atoms with E-state index in [1.54, 1.807) is 33.8 Å². The SMILES string of the molecule is O=c1ccc2cnc(Nc3ccc(-n4cccn4)cc3)nc2n1C1c2ccccc2-c2ccccc21. The van der Waals surface area contributed by atoms with Crippen LogP contribution in [0.1, 0.15) is 17.2 Å². The second kappa shape index (κ2) is 8.02. The lowest BCUT2D eigenvalue weighted by molar-refractivity contribution is 0.683. The van der Waals surface area contributed by atoms with Crippen molar-refractivity contribution in [1.82, 2.24) is 24.3 Å². The van der Waals surface area contributed by atoms with E-state index in [0.717, 1.165) is 39.0 Å². The number of hydrogen-bond acceptors (Lipinski definition) is 5. The van der Waals surface area contributed by atoms with E-state index in [4.69, 9.17) is 4.98 Å². The topological polar surface area (TPSA) is 77.6 Å². The normalized spacial score (nSPS) is 12.4. The van der Waals surface area contributed by atoms with Crippen LogP contribution in [-0.4, -0.2) is 24.3 Å². The first-order valence-corrected chi connectivity index (χ1v) is 11.7. The molecule has 0 atom stereocenters. The second-order valence-electron chi connectivity index (χ2n) is 8.71. The van der Waals surface area contributed by atoms with Crippen molar-refractivity contribution in [2.24, 2.45) is 0 Å². The molecule has 6 aromatic rings. The second-order valence-corrected chi connectivity index (χ2v) is 8.71. The summed E-state index contributed by atoms with van der Waals surface area (Å²) in [4.78, 5) is 22.7. The van der Waals surface area contributed by atoms with Crippen LogP contribution in [0.4, 0.5) is 11.6 Å². The van der Waals surface area contributed by atoms with Gasteiger partial charge in [-0.3, -0.25) is 9.36 Å². The fraction of sp³-hybridized carbons (Fsp3) is 0.0345. The van der Waals surface area contributed by atoms with Gasteiger partial charge in [-0.1, -0.05) is 48.5 Å². The smallest absolute Gasteiger partial charge is 0.253 e. The van der Waals surface area contributed by atoms with Gasteiger partial charge in [0, 0.05) is 35.7 Å². The summed E-state index contributed by atoms with van der Waals surface area (Å²) in [5.74, 6) is 0.424. The summed E-state index contributed by atoms with van der Waals surface area (Å²) >= 11 is 0. The summed E-state index contributed by atoms with van der Waals surface area (Å²) in [5, 5.41) is 8.34. The number of aromatic nitrogens is 5. The van der Waals surface area contributed by atoms with E-state index < -0.39 is 0 Å². The van der Waals surface area contributed by atoms with E-state index in [1.807, 2.05) is 60.8 Å². The van der Waals surface area contributed by atoms with Gasteiger partial charge in [0.15, 0.2) is 0 Å². The van der Waals surface area contributed by atoms with Crippen LogP contribution in [0, 0.1) is 0 Å². The molecule has 3 heterocycles. The molecule has 0 saturated carbocycles. The van der Waals surface area contributed by atoms with Gasteiger partial charge in [-0.15, -0.1) is 0 Å². The van der Waals surface area contributed by atoms with Crippen LogP contribution < -0.4 is 10.9 Å². The summed E-state index contributed by atoms with van der Waals surface area (Å²) in [6, 6.07) is 29.3. The van der Waals surface area contributed by atoms with E-state index in [9.17, 15) is 4.79 Å². The van der Waals surface area contributed by atoms with Crippen LogP contribution in [0.5, 0.6) is 0 Å². The van der Waals surface area contributed by atoms with Gasteiger partial charge < -0.3 is 5.32 Å². The fourth-order valence-corrected chi connectivity index (χ4v) is 5.00. The van der Waals surface area contributed by atoms with Gasteiger partial charge >= 0.3 is 0 Å². The quantitative estimate of drug-likeness (QED) is 0.377. The Bertz CT molecular complexity index is 1740. The summed E-state index contributed by atoms with van der Waals surface area (Å²) in [7, 11) is 0. The highest BCUT2D eigenvalue weighted by molar-refractivity contribution is 5.81. The lowest BCUT2D eigenvalue weighted by Crippen LogP contribution is -2.25. The maximum atomic E-state index is 13.3. The van der Waals surface area contributed by atoms with Crippen molar-refractivity contribution in [2.75, 3.05) is 5.32 Å². The number of rotatable bonds is 4. The molecule has 0 unspecified atom stereocenters. The molecule has 0 fully saturated rings. The van der Waals surface area contributed by atoms with Crippen LogP contribution in [0.15, 0.2) is 114 Å². The predicted octanol–water partition coefficient (Wildman–Crippen LogP) is 5.34. The molecule has 7 heteroatoms. The highest BCUT2D eigenvalue weighted by Gasteiger charge is 2.31. The number of anilines is 2. The zero-order valence-corrected chi connectivity index (χ0v) is 19.1. The Hall–Kier alpha value is -5.04. The van der Waals surface area contributed by atoms with Crippen LogP contribution in [0.2, 0.25) is 0 Å². The van der Waals surface area contributed by atoms with Gasteiger partial charge in [0.2, 0.25) is 5.95 Å². The summed E-state index contributed by atoms with van der Waals surface area (Å²) in [6.07, 6.45) is 5.40. The Labute approximate surface area is 206 Å². The fourth-order valence-electron chi connectivity index (χ4n) is 5.00. The number of fused-ring (bicyclic) bond motifs is 4. The van der Waals surface area contributed by atoms with E-state index in [1.165, 1.54) is 0 Å². The van der Waals surface area contributed by atoms with Crippen LogP contribution in [0.25, 0.3) is 27.8 Å². The average Bonchev–Trinajstić information content (AvgIpc) is 3.57. The van der Waals surface area contributed by atoms with E-state index in [0.29, 0.717) is 11.6 Å². The van der Waals surface area contributed by atoms with E-state index in [-0.39, 0.29) is 11.6 Å². The highest BCUT2D eigenvalue weighted by Crippen LogP contribution is 2.45. The number of nitrogens with zero attached hydrogens (tertiary/aromatic N) is 5. The highest BCUT2D eigenvalue weighted by atomic mass is 16.1. The molecule has 1 aliphatic carbocycles. The molecular weight excluding hydrogens is 448 g/mol. The molecule has 1 aliphatic rings. The molecule has 0 saturated heterocycles. The zero-order valence-electron chi connectivity index (χ0n) is 19.1. The minimum absolute atomic E-state index is 0.104. The monoisotopic (exact) mass is 468 g/mol. The molecule has 3 aromatic carbocycles. The molecule has 0 bridgehead atoms. The Morgan fingerprint density at radius 1 is 0.778 bits per heavy atom. The lowest BCUT2D eigenvalue weighted by Gasteiger charge is -2.19. The van der Waals surface area contributed by atoms with Crippen molar-refractivity contribution >= 4 is 22.7 Å².